The fourth-order valence-electron chi connectivity index (χ4n) is 7.12. The number of nitrogens with zero attached hydrogens (tertiary/aromatic N) is 2. The molecule has 2 aliphatic heterocycles. The van der Waals surface area contributed by atoms with Crippen LogP contribution in [0.3, 0.4) is 0 Å². The number of hydrogen-bond donors (Lipinski definition) is 3. The van der Waals surface area contributed by atoms with E-state index in [9.17, 15) is 33.1 Å². The molecule has 2 aromatic carbocycles. The van der Waals surface area contributed by atoms with E-state index in [1.165, 1.54) is 4.90 Å². The Labute approximate surface area is 282 Å². The first kappa shape index (κ1) is 34.3. The van der Waals surface area contributed by atoms with Crippen LogP contribution in [0, 0.1) is 5.92 Å². The van der Waals surface area contributed by atoms with Crippen molar-refractivity contribution in [2.45, 2.75) is 107 Å². The van der Waals surface area contributed by atoms with Crippen LogP contribution >= 0.6 is 0 Å². The van der Waals surface area contributed by atoms with Gasteiger partial charge in [-0.25, -0.2) is 23.4 Å². The largest absolute Gasteiger partial charge is 0.479 e. The van der Waals surface area contributed by atoms with E-state index in [1.54, 1.807) is 20.8 Å². The van der Waals surface area contributed by atoms with Crippen LogP contribution in [0.15, 0.2) is 48.5 Å². The van der Waals surface area contributed by atoms with Crippen LogP contribution in [0.5, 0.6) is 5.88 Å². The number of para-hydroxylation sites is 1. The van der Waals surface area contributed by atoms with Gasteiger partial charge in [0, 0.05) is 36.0 Å². The van der Waals surface area contributed by atoms with Crippen LogP contribution < -0.4 is 15.4 Å². The van der Waals surface area contributed by atoms with Gasteiger partial charge in [0.05, 0.1) is 12.1 Å². The van der Waals surface area contributed by atoms with Crippen molar-refractivity contribution in [2.24, 2.45) is 5.92 Å². The van der Waals surface area contributed by atoms with Gasteiger partial charge in [-0.1, -0.05) is 49.2 Å². The molecule has 1 aliphatic carbocycles. The molecule has 5 unspecified atom stereocenters. The number of amides is 3. The van der Waals surface area contributed by atoms with Gasteiger partial charge in [-0.15, -0.1) is 0 Å². The van der Waals surface area contributed by atoms with E-state index in [1.807, 2.05) is 48.5 Å². The first-order chi connectivity index (χ1) is 23.2. The summed E-state index contributed by atoms with van der Waals surface area (Å²) < 4.78 is 41.8. The van der Waals surface area contributed by atoms with Crippen molar-refractivity contribution in [3.8, 4) is 5.88 Å². The summed E-state index contributed by atoms with van der Waals surface area (Å²) in [7, 11) is 0. The van der Waals surface area contributed by atoms with Crippen molar-refractivity contribution in [1.29, 1.82) is 0 Å². The first-order valence-electron chi connectivity index (χ1n) is 16.8. The summed E-state index contributed by atoms with van der Waals surface area (Å²) in [5.41, 5.74) is -2.02. The molecule has 1 aromatic heterocycles. The molecule has 0 radical (unpaired) electrons. The van der Waals surface area contributed by atoms with Gasteiger partial charge in [-0.05, 0) is 57.6 Å². The molecule has 3 heterocycles. The number of fused-ring (bicyclic) bond motifs is 5. The zero-order valence-electron chi connectivity index (χ0n) is 27.8. The van der Waals surface area contributed by atoms with Gasteiger partial charge >= 0.3 is 12.1 Å². The van der Waals surface area contributed by atoms with Gasteiger partial charge in [0.15, 0.2) is 0 Å². The Morgan fingerprint density at radius 3 is 2.41 bits per heavy atom. The van der Waals surface area contributed by atoms with Gasteiger partial charge < -0.3 is 30.1 Å². The maximum absolute atomic E-state index is 14.9. The van der Waals surface area contributed by atoms with E-state index in [0.29, 0.717) is 24.2 Å². The van der Waals surface area contributed by atoms with E-state index >= 15 is 0 Å². The average molecular weight is 681 g/mol. The van der Waals surface area contributed by atoms with Crippen LogP contribution in [-0.4, -0.2) is 80.7 Å². The zero-order chi connectivity index (χ0) is 35.1. The number of ether oxygens (including phenoxy) is 2. The number of pyridine rings is 1. The van der Waals surface area contributed by atoms with Crippen LogP contribution in [-0.2, 0) is 19.1 Å². The molecule has 49 heavy (non-hydrogen) atoms. The quantitative estimate of drug-likeness (QED) is 0.303. The predicted molar refractivity (Wildman–Crippen MR) is 176 cm³/mol. The van der Waals surface area contributed by atoms with Crippen LogP contribution in [0.25, 0.3) is 21.7 Å². The van der Waals surface area contributed by atoms with Crippen molar-refractivity contribution in [1.82, 2.24) is 20.5 Å². The molecular weight excluding hydrogens is 638 g/mol. The third-order valence-corrected chi connectivity index (χ3v) is 9.60. The minimum Gasteiger partial charge on any atom is -0.479 e. The number of carbonyl (C=O) groups is 4. The van der Waals surface area contributed by atoms with E-state index in [-0.39, 0.29) is 32.2 Å². The van der Waals surface area contributed by atoms with Crippen LogP contribution in [0.4, 0.5) is 13.6 Å². The fourth-order valence-corrected chi connectivity index (χ4v) is 7.12. The highest BCUT2D eigenvalue weighted by Crippen LogP contribution is 2.51. The van der Waals surface area contributed by atoms with Crippen molar-refractivity contribution >= 4 is 45.6 Å². The van der Waals surface area contributed by atoms with Gasteiger partial charge in [0.2, 0.25) is 23.6 Å². The highest BCUT2D eigenvalue weighted by molar-refractivity contribution is 6.07. The number of carbonyl (C=O) groups excluding carboxylic acids is 3. The number of halogens is 2. The Hall–Kier alpha value is -4.55. The molecule has 6 rings (SSSR count). The molecule has 3 N–H and O–H groups in total. The summed E-state index contributed by atoms with van der Waals surface area (Å²) in [6.45, 7) is 4.99. The summed E-state index contributed by atoms with van der Waals surface area (Å²) in [6.07, 6.45) is -1.86. The lowest BCUT2D eigenvalue weighted by Crippen LogP contribution is -2.56. The molecule has 13 heteroatoms. The minimum absolute atomic E-state index is 0.0178. The molecule has 5 atom stereocenters. The van der Waals surface area contributed by atoms with E-state index in [4.69, 9.17) is 14.5 Å². The standard InChI is InChI=1S/C36H42F2N4O7/c1-34(2,3)49-33(47)40-27-15-5-4-10-16-35(37,38)18-21-19-36(21,32(45)46)41-29(43)28-17-22(20-42(28)31(27)44)48-30-25-13-7-6-11-23(25)24-12-8-9-14-26(24)39-30/h6-9,11-14,21-22,27-28H,4-5,10,15-20H2,1-3H3,(H,40,47)(H,41,43)(H,45,46). The second-order valence-electron chi connectivity index (χ2n) is 14.5. The van der Waals surface area contributed by atoms with Crippen LogP contribution in [0.1, 0.15) is 72.1 Å². The summed E-state index contributed by atoms with van der Waals surface area (Å²) >= 11 is 0. The van der Waals surface area contributed by atoms with Gasteiger partial charge in [0.25, 0.3) is 0 Å². The zero-order valence-corrected chi connectivity index (χ0v) is 27.8. The number of nitrogens with one attached hydrogen (secondary N) is 2. The monoisotopic (exact) mass is 680 g/mol. The molecule has 3 fully saturated rings. The predicted octanol–water partition coefficient (Wildman–Crippen LogP) is 5.58. The van der Waals surface area contributed by atoms with Crippen molar-refractivity contribution < 1.29 is 42.5 Å². The highest BCUT2D eigenvalue weighted by atomic mass is 19.3. The second-order valence-corrected chi connectivity index (χ2v) is 14.5. The Morgan fingerprint density at radius 1 is 1.00 bits per heavy atom. The summed E-state index contributed by atoms with van der Waals surface area (Å²) in [6, 6.07) is 12.9. The average Bonchev–Trinajstić information content (AvgIpc) is 3.53. The molecule has 3 aliphatic rings. The third-order valence-electron chi connectivity index (χ3n) is 9.60. The Balaban J connectivity index is 1.33. The van der Waals surface area contributed by atoms with Crippen molar-refractivity contribution in [2.75, 3.05) is 6.54 Å². The fraction of sp³-hybridized carbons (Fsp3) is 0.528. The molecule has 3 amide bonds. The Morgan fingerprint density at radius 2 is 1.69 bits per heavy atom. The molecule has 0 spiro atoms. The molecular formula is C36H42F2N4O7. The number of alkyl carbamates (subject to hydrolysis) is 1. The lowest BCUT2D eigenvalue weighted by molar-refractivity contribution is -0.146. The number of carboxylic acids is 1. The second kappa shape index (κ2) is 13.1. The van der Waals surface area contributed by atoms with Crippen molar-refractivity contribution in [3.05, 3.63) is 48.5 Å². The Kier molecular flexibility index (Phi) is 9.14. The lowest BCUT2D eigenvalue weighted by Gasteiger charge is -2.30. The number of benzene rings is 2. The third kappa shape index (κ3) is 7.40. The summed E-state index contributed by atoms with van der Waals surface area (Å²) in [5.74, 6) is -6.53. The van der Waals surface area contributed by atoms with E-state index in [0.717, 1.165) is 16.2 Å². The molecule has 0 bridgehead atoms. The molecule has 2 saturated heterocycles. The Bertz CT molecular complexity index is 1780. The maximum Gasteiger partial charge on any atom is 0.408 e. The smallest absolute Gasteiger partial charge is 0.408 e. The van der Waals surface area contributed by atoms with Gasteiger partial charge in [-0.3, -0.25) is 9.59 Å². The number of aliphatic carboxylic acids is 1. The van der Waals surface area contributed by atoms with E-state index in [2.05, 4.69) is 10.6 Å². The SMILES string of the molecule is CC(C)(C)OC(=O)NC1CCCCCC(F)(F)CC2CC2(C(=O)O)NC(=O)C2CC(Oc3nc4ccccc4c4ccccc34)CN2C1=O. The molecule has 1 saturated carbocycles. The lowest BCUT2D eigenvalue weighted by atomic mass is 10.0. The first-order valence-corrected chi connectivity index (χ1v) is 16.8. The summed E-state index contributed by atoms with van der Waals surface area (Å²) in [4.78, 5) is 59.5. The van der Waals surface area contributed by atoms with Gasteiger partial charge in [0.1, 0.15) is 29.3 Å². The molecule has 3 aromatic rings. The number of aromatic nitrogens is 1. The number of rotatable bonds is 4. The number of hydrogen-bond acceptors (Lipinski definition) is 7. The minimum atomic E-state index is -3.12. The van der Waals surface area contributed by atoms with E-state index < -0.39 is 77.9 Å². The van der Waals surface area contributed by atoms with Crippen molar-refractivity contribution in [3.63, 3.8) is 0 Å². The molecule has 11 nitrogen and oxygen atoms in total. The van der Waals surface area contributed by atoms with Crippen LogP contribution in [0.2, 0.25) is 0 Å². The molecule has 262 valence electrons. The normalized spacial score (nSPS) is 27.7. The topological polar surface area (TPSA) is 147 Å². The van der Waals surface area contributed by atoms with Gasteiger partial charge in [-0.2, -0.15) is 0 Å². The number of alkyl halides is 2. The maximum atomic E-state index is 14.9. The summed E-state index contributed by atoms with van der Waals surface area (Å²) in [5, 5.41) is 17.9. The highest BCUT2D eigenvalue weighted by Gasteiger charge is 2.64. The number of carboxylic acid groups (broad SMARTS) is 1.